The van der Waals surface area contributed by atoms with E-state index >= 15 is 0 Å². The van der Waals surface area contributed by atoms with Gasteiger partial charge in [0.25, 0.3) is 0 Å². The maximum absolute atomic E-state index is 12.6. The monoisotopic (exact) mass is 382 g/mol. The molecule has 0 fully saturated rings. The molecule has 3 rings (SSSR count). The number of aryl methyl sites for hydroxylation is 2. The molecule has 2 aromatic carbocycles. The molecule has 0 saturated heterocycles. The molecule has 6 heteroatoms. The minimum atomic E-state index is -3.57. The average molecular weight is 382 g/mol. The SMILES string of the molecule is Cc1ccc(S(=O)(=O)NCc2cccc(OCc3ccccn3)c2)c(C)c1. The summed E-state index contributed by atoms with van der Waals surface area (Å²) >= 11 is 0. The van der Waals surface area contributed by atoms with E-state index < -0.39 is 10.0 Å². The molecule has 0 amide bonds. The molecule has 0 aliphatic rings. The van der Waals surface area contributed by atoms with Crippen LogP contribution in [0.2, 0.25) is 0 Å². The summed E-state index contributed by atoms with van der Waals surface area (Å²) < 4.78 is 33.6. The van der Waals surface area contributed by atoms with Gasteiger partial charge in [-0.2, -0.15) is 0 Å². The minimum Gasteiger partial charge on any atom is -0.487 e. The van der Waals surface area contributed by atoms with E-state index in [1.54, 1.807) is 25.3 Å². The Morgan fingerprint density at radius 1 is 1.00 bits per heavy atom. The smallest absolute Gasteiger partial charge is 0.241 e. The zero-order valence-corrected chi connectivity index (χ0v) is 16.2. The number of nitrogens with zero attached hydrogens (tertiary/aromatic N) is 1. The van der Waals surface area contributed by atoms with E-state index in [9.17, 15) is 8.42 Å². The van der Waals surface area contributed by atoms with Crippen molar-refractivity contribution in [3.05, 3.63) is 89.2 Å². The van der Waals surface area contributed by atoms with Gasteiger partial charge < -0.3 is 4.74 Å². The van der Waals surface area contributed by atoms with Crippen molar-refractivity contribution in [1.29, 1.82) is 0 Å². The van der Waals surface area contributed by atoms with Crippen LogP contribution in [0.1, 0.15) is 22.4 Å². The summed E-state index contributed by atoms with van der Waals surface area (Å²) in [4.78, 5) is 4.52. The Balaban J connectivity index is 1.65. The number of aromatic nitrogens is 1. The molecule has 5 nitrogen and oxygen atoms in total. The van der Waals surface area contributed by atoms with E-state index in [0.29, 0.717) is 17.3 Å². The highest BCUT2D eigenvalue weighted by atomic mass is 32.2. The van der Waals surface area contributed by atoms with Gasteiger partial charge >= 0.3 is 0 Å². The highest BCUT2D eigenvalue weighted by Gasteiger charge is 2.16. The van der Waals surface area contributed by atoms with Crippen LogP contribution in [0.3, 0.4) is 0 Å². The Kier molecular flexibility index (Phi) is 5.88. The van der Waals surface area contributed by atoms with Crippen LogP contribution in [-0.4, -0.2) is 13.4 Å². The van der Waals surface area contributed by atoms with E-state index in [1.807, 2.05) is 55.5 Å². The fourth-order valence-electron chi connectivity index (χ4n) is 2.74. The van der Waals surface area contributed by atoms with E-state index in [1.165, 1.54) is 0 Å². The average Bonchev–Trinajstić information content (AvgIpc) is 2.66. The van der Waals surface area contributed by atoms with Gasteiger partial charge in [-0.05, 0) is 55.3 Å². The molecule has 0 unspecified atom stereocenters. The second kappa shape index (κ2) is 8.33. The van der Waals surface area contributed by atoms with E-state index in [4.69, 9.17) is 4.74 Å². The molecule has 1 N–H and O–H groups in total. The van der Waals surface area contributed by atoms with Gasteiger partial charge in [0, 0.05) is 12.7 Å². The van der Waals surface area contributed by atoms with Crippen molar-refractivity contribution >= 4 is 10.0 Å². The molecule has 0 spiro atoms. The molecule has 1 heterocycles. The third-order valence-corrected chi connectivity index (χ3v) is 5.66. The van der Waals surface area contributed by atoms with E-state index in [-0.39, 0.29) is 6.54 Å². The van der Waals surface area contributed by atoms with Gasteiger partial charge in [0.15, 0.2) is 0 Å². The second-order valence-corrected chi connectivity index (χ2v) is 8.09. The number of sulfonamides is 1. The summed E-state index contributed by atoms with van der Waals surface area (Å²) in [6.45, 7) is 4.29. The highest BCUT2D eigenvalue weighted by Crippen LogP contribution is 2.18. The fraction of sp³-hybridized carbons (Fsp3) is 0.190. The topological polar surface area (TPSA) is 68.3 Å². The third kappa shape index (κ3) is 5.15. The molecule has 0 atom stereocenters. The normalized spacial score (nSPS) is 11.3. The van der Waals surface area contributed by atoms with Gasteiger partial charge in [0.2, 0.25) is 10.0 Å². The van der Waals surface area contributed by atoms with Gasteiger partial charge in [-0.15, -0.1) is 0 Å². The van der Waals surface area contributed by atoms with E-state index in [2.05, 4.69) is 9.71 Å². The number of hydrogen-bond donors (Lipinski definition) is 1. The molecular weight excluding hydrogens is 360 g/mol. The number of rotatable bonds is 7. The number of pyridine rings is 1. The second-order valence-electron chi connectivity index (χ2n) is 6.35. The first-order valence-corrected chi connectivity index (χ1v) is 10.1. The lowest BCUT2D eigenvalue weighted by Gasteiger charge is -2.11. The molecule has 3 aromatic rings. The van der Waals surface area contributed by atoms with Crippen molar-refractivity contribution in [1.82, 2.24) is 9.71 Å². The van der Waals surface area contributed by atoms with Crippen LogP contribution in [0.4, 0.5) is 0 Å². The predicted molar refractivity (Wildman–Crippen MR) is 105 cm³/mol. The Hall–Kier alpha value is -2.70. The zero-order chi connectivity index (χ0) is 19.3. The molecule has 0 radical (unpaired) electrons. The molecule has 27 heavy (non-hydrogen) atoms. The first kappa shape index (κ1) is 19.1. The van der Waals surface area contributed by atoms with Crippen LogP contribution in [0.5, 0.6) is 5.75 Å². The van der Waals surface area contributed by atoms with Gasteiger partial charge in [0.1, 0.15) is 12.4 Å². The van der Waals surface area contributed by atoms with Crippen molar-refractivity contribution in [2.24, 2.45) is 0 Å². The molecule has 0 aliphatic heterocycles. The van der Waals surface area contributed by atoms with Gasteiger partial charge in [-0.3, -0.25) is 4.98 Å². The van der Waals surface area contributed by atoms with Crippen LogP contribution in [0.15, 0.2) is 71.8 Å². The Labute approximate surface area is 160 Å². The van der Waals surface area contributed by atoms with Gasteiger partial charge in [-0.25, -0.2) is 13.1 Å². The molecule has 1 aromatic heterocycles. The summed E-state index contributed by atoms with van der Waals surface area (Å²) in [6, 6.07) is 18.3. The molecule has 0 bridgehead atoms. The zero-order valence-electron chi connectivity index (χ0n) is 15.3. The summed E-state index contributed by atoms with van der Waals surface area (Å²) in [5.41, 5.74) is 3.42. The molecule has 140 valence electrons. The standard InChI is InChI=1S/C21H22N2O3S/c1-16-9-10-21(17(2)12-16)27(24,25)23-14-18-6-5-8-20(13-18)26-15-19-7-3-4-11-22-19/h3-13,23H,14-15H2,1-2H3. The molecule has 0 aliphatic carbocycles. The predicted octanol–water partition coefficient (Wildman–Crippen LogP) is 3.76. The van der Waals surface area contributed by atoms with Crippen LogP contribution in [0.25, 0.3) is 0 Å². The third-order valence-electron chi connectivity index (χ3n) is 4.10. The van der Waals surface area contributed by atoms with Crippen LogP contribution < -0.4 is 9.46 Å². The van der Waals surface area contributed by atoms with Crippen molar-refractivity contribution in [2.45, 2.75) is 31.9 Å². The lowest BCUT2D eigenvalue weighted by molar-refractivity contribution is 0.301. The van der Waals surface area contributed by atoms with Crippen molar-refractivity contribution in [2.75, 3.05) is 0 Å². The minimum absolute atomic E-state index is 0.191. The molecular formula is C21H22N2O3S. The van der Waals surface area contributed by atoms with Crippen molar-refractivity contribution in [3.63, 3.8) is 0 Å². The Morgan fingerprint density at radius 2 is 1.85 bits per heavy atom. The Bertz CT molecular complexity index is 1020. The van der Waals surface area contributed by atoms with Gasteiger partial charge in [0.05, 0.1) is 10.6 Å². The fourth-order valence-corrected chi connectivity index (χ4v) is 3.99. The molecule has 0 saturated carbocycles. The van der Waals surface area contributed by atoms with Crippen molar-refractivity contribution in [3.8, 4) is 5.75 Å². The summed E-state index contributed by atoms with van der Waals surface area (Å²) in [6.07, 6.45) is 1.72. The van der Waals surface area contributed by atoms with E-state index in [0.717, 1.165) is 22.4 Å². The maximum Gasteiger partial charge on any atom is 0.241 e. The maximum atomic E-state index is 12.6. The van der Waals surface area contributed by atoms with Crippen molar-refractivity contribution < 1.29 is 13.2 Å². The van der Waals surface area contributed by atoms with Gasteiger partial charge in [-0.1, -0.05) is 35.9 Å². The quantitative estimate of drug-likeness (QED) is 0.676. The number of ether oxygens (including phenoxy) is 1. The summed E-state index contributed by atoms with van der Waals surface area (Å²) in [5.74, 6) is 0.670. The number of benzene rings is 2. The lowest BCUT2D eigenvalue weighted by Crippen LogP contribution is -2.24. The first-order valence-electron chi connectivity index (χ1n) is 8.62. The Morgan fingerprint density at radius 3 is 2.59 bits per heavy atom. The van der Waals surface area contributed by atoms with Crippen LogP contribution in [0, 0.1) is 13.8 Å². The lowest BCUT2D eigenvalue weighted by atomic mass is 10.2. The van der Waals surface area contributed by atoms with Crippen LogP contribution in [-0.2, 0) is 23.2 Å². The van der Waals surface area contributed by atoms with Crippen LogP contribution >= 0.6 is 0 Å². The summed E-state index contributed by atoms with van der Waals surface area (Å²) in [7, 11) is -3.57. The summed E-state index contributed by atoms with van der Waals surface area (Å²) in [5, 5.41) is 0. The first-order chi connectivity index (χ1) is 12.9. The largest absolute Gasteiger partial charge is 0.487 e. The number of hydrogen-bond acceptors (Lipinski definition) is 4. The highest BCUT2D eigenvalue weighted by molar-refractivity contribution is 7.89. The number of nitrogens with one attached hydrogen (secondary N) is 1.